The molecule has 0 aliphatic heterocycles. The molecule has 0 aliphatic carbocycles. The topological polar surface area (TPSA) is 57.9 Å². The van der Waals surface area contributed by atoms with Gasteiger partial charge in [-0.3, -0.25) is 0 Å². The Kier molecular flexibility index (Phi) is 2.63. The average molecular weight is 252 g/mol. The van der Waals surface area contributed by atoms with Crippen LogP contribution < -0.4 is 10.6 Å². The third-order valence-corrected chi connectivity index (χ3v) is 3.20. The number of fused-ring (bicyclic) bond motifs is 1. The molecule has 3 aromatic rings. The van der Waals surface area contributed by atoms with Crippen LogP contribution in [0.5, 0.6) is 0 Å². The summed E-state index contributed by atoms with van der Waals surface area (Å²) in [5.41, 5.74) is 10.6. The number of benzene rings is 2. The summed E-state index contributed by atoms with van der Waals surface area (Å²) in [4.78, 5) is 9.93. The zero-order chi connectivity index (χ0) is 13.4. The first kappa shape index (κ1) is 11.6. The minimum Gasteiger partial charge on any atom is -0.397 e. The van der Waals surface area contributed by atoms with Crippen LogP contribution in [0.1, 0.15) is 0 Å². The fourth-order valence-corrected chi connectivity index (χ4v) is 2.11. The summed E-state index contributed by atoms with van der Waals surface area (Å²) in [5, 5.41) is 0. The van der Waals surface area contributed by atoms with Crippen molar-refractivity contribution in [1.29, 1.82) is 0 Å². The van der Waals surface area contributed by atoms with Crippen molar-refractivity contribution in [3.05, 3.63) is 42.5 Å². The van der Waals surface area contributed by atoms with Gasteiger partial charge in [0.1, 0.15) is 11.3 Å². The van der Waals surface area contributed by atoms with Crippen LogP contribution in [0.3, 0.4) is 0 Å². The Labute approximate surface area is 111 Å². The van der Waals surface area contributed by atoms with Gasteiger partial charge < -0.3 is 15.6 Å². The number of imidazole rings is 1. The van der Waals surface area contributed by atoms with Gasteiger partial charge >= 0.3 is 0 Å². The van der Waals surface area contributed by atoms with Crippen molar-refractivity contribution in [3.63, 3.8) is 0 Å². The van der Waals surface area contributed by atoms with E-state index < -0.39 is 0 Å². The van der Waals surface area contributed by atoms with Gasteiger partial charge in [0.25, 0.3) is 0 Å². The lowest BCUT2D eigenvalue weighted by Gasteiger charge is -2.11. The number of para-hydroxylation sites is 1. The van der Waals surface area contributed by atoms with Crippen LogP contribution in [-0.4, -0.2) is 24.1 Å². The van der Waals surface area contributed by atoms with Gasteiger partial charge in [-0.15, -0.1) is 0 Å². The van der Waals surface area contributed by atoms with Gasteiger partial charge in [-0.1, -0.05) is 6.07 Å². The predicted molar refractivity (Wildman–Crippen MR) is 80.3 cm³/mol. The van der Waals surface area contributed by atoms with Gasteiger partial charge in [0.15, 0.2) is 0 Å². The Morgan fingerprint density at radius 3 is 2.42 bits per heavy atom. The number of H-pyrrole nitrogens is 1. The predicted octanol–water partition coefficient (Wildman–Crippen LogP) is 2.88. The number of nitrogens with one attached hydrogen (secondary N) is 1. The van der Waals surface area contributed by atoms with Gasteiger partial charge in [-0.2, -0.15) is 0 Å². The molecule has 0 aliphatic rings. The lowest BCUT2D eigenvalue weighted by Crippen LogP contribution is -2.07. The molecule has 0 fully saturated rings. The van der Waals surface area contributed by atoms with Crippen molar-refractivity contribution in [3.8, 4) is 11.4 Å². The molecular formula is C15H16N4. The molecule has 0 spiro atoms. The Bertz CT molecular complexity index is 711. The van der Waals surface area contributed by atoms with E-state index in [0.29, 0.717) is 5.69 Å². The summed E-state index contributed by atoms with van der Waals surface area (Å²) in [6.45, 7) is 0. The van der Waals surface area contributed by atoms with Crippen molar-refractivity contribution in [2.75, 3.05) is 24.7 Å². The second kappa shape index (κ2) is 4.31. The molecule has 1 heterocycles. The summed E-state index contributed by atoms with van der Waals surface area (Å²) < 4.78 is 0. The smallest absolute Gasteiger partial charge is 0.138 e. The Balaban J connectivity index is 2.06. The molecule has 0 saturated carbocycles. The fourth-order valence-electron chi connectivity index (χ4n) is 2.11. The lowest BCUT2D eigenvalue weighted by molar-refractivity contribution is 1.13. The molecule has 4 nitrogen and oxygen atoms in total. The highest BCUT2D eigenvalue weighted by molar-refractivity contribution is 5.89. The van der Waals surface area contributed by atoms with E-state index in [0.717, 1.165) is 22.4 Å². The quantitative estimate of drug-likeness (QED) is 0.689. The number of nitrogens with zero attached hydrogens (tertiary/aromatic N) is 2. The molecule has 4 heteroatoms. The molecule has 3 rings (SSSR count). The maximum atomic E-state index is 5.92. The summed E-state index contributed by atoms with van der Waals surface area (Å²) in [5.74, 6) is 0.846. The Morgan fingerprint density at radius 1 is 1.05 bits per heavy atom. The number of aromatic nitrogens is 2. The Morgan fingerprint density at radius 2 is 1.79 bits per heavy atom. The number of hydrogen-bond acceptors (Lipinski definition) is 3. The van der Waals surface area contributed by atoms with Crippen LogP contribution in [0, 0.1) is 0 Å². The maximum Gasteiger partial charge on any atom is 0.138 e. The third-order valence-electron chi connectivity index (χ3n) is 3.20. The van der Waals surface area contributed by atoms with Crippen molar-refractivity contribution in [2.45, 2.75) is 0 Å². The van der Waals surface area contributed by atoms with E-state index in [-0.39, 0.29) is 0 Å². The minimum absolute atomic E-state index is 0.699. The van der Waals surface area contributed by atoms with Crippen LogP contribution in [0.4, 0.5) is 11.4 Å². The van der Waals surface area contributed by atoms with E-state index in [2.05, 4.69) is 39.1 Å². The highest BCUT2D eigenvalue weighted by Crippen LogP contribution is 2.25. The molecule has 96 valence electrons. The SMILES string of the molecule is CN(C)c1ccc(-c2nc3c(N)cccc3[nH]2)cc1. The number of nitrogens with two attached hydrogens (primary N) is 1. The lowest BCUT2D eigenvalue weighted by atomic mass is 10.2. The average Bonchev–Trinajstić information content (AvgIpc) is 2.84. The van der Waals surface area contributed by atoms with E-state index >= 15 is 0 Å². The second-order valence-electron chi connectivity index (χ2n) is 4.77. The molecule has 0 radical (unpaired) electrons. The summed E-state index contributed by atoms with van der Waals surface area (Å²) in [6, 6.07) is 14.0. The van der Waals surface area contributed by atoms with E-state index in [4.69, 9.17) is 5.73 Å². The zero-order valence-corrected chi connectivity index (χ0v) is 11.0. The van der Waals surface area contributed by atoms with Gasteiger partial charge in [0, 0.05) is 25.3 Å². The molecule has 0 atom stereocenters. The largest absolute Gasteiger partial charge is 0.397 e. The van der Waals surface area contributed by atoms with E-state index in [1.807, 2.05) is 32.3 Å². The van der Waals surface area contributed by atoms with Crippen molar-refractivity contribution in [2.24, 2.45) is 0 Å². The van der Waals surface area contributed by atoms with E-state index in [9.17, 15) is 0 Å². The van der Waals surface area contributed by atoms with Crippen LogP contribution in [0.15, 0.2) is 42.5 Å². The standard InChI is InChI=1S/C15H16N4/c1-19(2)11-8-6-10(7-9-11)15-17-13-5-3-4-12(16)14(13)18-15/h3-9H,16H2,1-2H3,(H,17,18). The van der Waals surface area contributed by atoms with Gasteiger partial charge in [0.05, 0.1) is 11.2 Å². The number of anilines is 2. The van der Waals surface area contributed by atoms with Gasteiger partial charge in [-0.05, 0) is 36.4 Å². The molecular weight excluding hydrogens is 236 g/mol. The first-order valence-corrected chi connectivity index (χ1v) is 6.17. The fraction of sp³-hybridized carbons (Fsp3) is 0.133. The number of hydrogen-bond donors (Lipinski definition) is 2. The second-order valence-corrected chi connectivity index (χ2v) is 4.77. The van der Waals surface area contributed by atoms with Crippen molar-refractivity contribution < 1.29 is 0 Å². The van der Waals surface area contributed by atoms with Crippen molar-refractivity contribution >= 4 is 22.4 Å². The summed E-state index contributed by atoms with van der Waals surface area (Å²) in [7, 11) is 4.05. The van der Waals surface area contributed by atoms with E-state index in [1.165, 1.54) is 5.69 Å². The number of rotatable bonds is 2. The van der Waals surface area contributed by atoms with E-state index in [1.54, 1.807) is 0 Å². The highest BCUT2D eigenvalue weighted by Gasteiger charge is 2.07. The zero-order valence-electron chi connectivity index (χ0n) is 11.0. The highest BCUT2D eigenvalue weighted by atomic mass is 15.1. The Hall–Kier alpha value is -2.49. The molecule has 0 amide bonds. The molecule has 1 aromatic heterocycles. The number of aromatic amines is 1. The minimum atomic E-state index is 0.699. The summed E-state index contributed by atoms with van der Waals surface area (Å²) in [6.07, 6.45) is 0. The first-order chi connectivity index (χ1) is 9.15. The van der Waals surface area contributed by atoms with Crippen LogP contribution in [-0.2, 0) is 0 Å². The molecule has 19 heavy (non-hydrogen) atoms. The molecule has 0 unspecified atom stereocenters. The van der Waals surface area contributed by atoms with Crippen LogP contribution in [0.2, 0.25) is 0 Å². The van der Waals surface area contributed by atoms with Gasteiger partial charge in [0.2, 0.25) is 0 Å². The first-order valence-electron chi connectivity index (χ1n) is 6.17. The molecule has 0 bridgehead atoms. The summed E-state index contributed by atoms with van der Waals surface area (Å²) >= 11 is 0. The van der Waals surface area contributed by atoms with Crippen LogP contribution in [0.25, 0.3) is 22.4 Å². The van der Waals surface area contributed by atoms with Gasteiger partial charge in [-0.25, -0.2) is 4.98 Å². The third kappa shape index (κ3) is 2.01. The number of nitrogen functional groups attached to an aromatic ring is 1. The molecule has 3 N–H and O–H groups in total. The molecule has 2 aromatic carbocycles. The van der Waals surface area contributed by atoms with Crippen LogP contribution >= 0.6 is 0 Å². The molecule has 0 saturated heterocycles. The monoisotopic (exact) mass is 252 g/mol. The normalized spacial score (nSPS) is 10.8. The van der Waals surface area contributed by atoms with Crippen molar-refractivity contribution in [1.82, 2.24) is 9.97 Å². The maximum absolute atomic E-state index is 5.92.